The number of nitrogens with one attached hydrogen (secondary N) is 1. The van der Waals surface area contributed by atoms with Crippen molar-refractivity contribution < 1.29 is 0 Å². The summed E-state index contributed by atoms with van der Waals surface area (Å²) >= 11 is 0. The van der Waals surface area contributed by atoms with Gasteiger partial charge in [0.2, 0.25) is 0 Å². The summed E-state index contributed by atoms with van der Waals surface area (Å²) in [6.45, 7) is 6.39. The normalized spacial score (nSPS) is 14.4. The molecule has 1 N–H and O–H groups in total. The van der Waals surface area contributed by atoms with Gasteiger partial charge in [0.15, 0.2) is 0 Å². The molecule has 0 saturated carbocycles. The molecule has 16 heavy (non-hydrogen) atoms. The Labute approximate surface area is 98.2 Å². The summed E-state index contributed by atoms with van der Waals surface area (Å²) in [7, 11) is 1.96. The zero-order valence-corrected chi connectivity index (χ0v) is 10.6. The molecule has 1 aromatic rings. The third kappa shape index (κ3) is 2.86. The van der Waals surface area contributed by atoms with Gasteiger partial charge in [-0.25, -0.2) is 0 Å². The van der Waals surface area contributed by atoms with Crippen LogP contribution in [-0.2, 0) is 7.05 Å². The second kappa shape index (κ2) is 5.72. The molecule has 3 heteroatoms. The van der Waals surface area contributed by atoms with Crippen molar-refractivity contribution in [3.63, 3.8) is 0 Å². The van der Waals surface area contributed by atoms with Crippen molar-refractivity contribution in [2.24, 2.45) is 7.05 Å². The van der Waals surface area contributed by atoms with Gasteiger partial charge in [-0.2, -0.15) is 5.10 Å². The SMILES string of the molecule is C#CCC(CC)NC(C)c1cnn(C)c1C. The number of hydrogen-bond acceptors (Lipinski definition) is 2. The molecule has 0 aliphatic rings. The van der Waals surface area contributed by atoms with Gasteiger partial charge in [0, 0.05) is 36.8 Å². The highest BCUT2D eigenvalue weighted by Crippen LogP contribution is 2.17. The third-order valence-corrected chi connectivity index (χ3v) is 3.08. The molecule has 0 radical (unpaired) electrons. The molecule has 0 amide bonds. The van der Waals surface area contributed by atoms with Crippen LogP contribution in [0.4, 0.5) is 0 Å². The van der Waals surface area contributed by atoms with Crippen molar-refractivity contribution in [2.75, 3.05) is 0 Å². The van der Waals surface area contributed by atoms with Gasteiger partial charge in [-0.1, -0.05) is 6.92 Å². The Morgan fingerprint density at radius 2 is 2.31 bits per heavy atom. The van der Waals surface area contributed by atoms with Crippen LogP contribution in [0, 0.1) is 19.3 Å². The zero-order chi connectivity index (χ0) is 12.1. The van der Waals surface area contributed by atoms with Crippen LogP contribution >= 0.6 is 0 Å². The fraction of sp³-hybridized carbons (Fsp3) is 0.615. The largest absolute Gasteiger partial charge is 0.306 e. The predicted molar refractivity (Wildman–Crippen MR) is 67.0 cm³/mol. The highest BCUT2D eigenvalue weighted by atomic mass is 15.3. The maximum Gasteiger partial charge on any atom is 0.0540 e. The molecule has 0 saturated heterocycles. The first-order valence-electron chi connectivity index (χ1n) is 5.78. The van der Waals surface area contributed by atoms with E-state index in [9.17, 15) is 0 Å². The molecule has 1 heterocycles. The molecule has 0 aliphatic heterocycles. The van der Waals surface area contributed by atoms with Gasteiger partial charge < -0.3 is 5.32 Å². The molecule has 0 aliphatic carbocycles. The first-order valence-corrected chi connectivity index (χ1v) is 5.78. The van der Waals surface area contributed by atoms with Crippen LogP contribution in [-0.4, -0.2) is 15.8 Å². The minimum absolute atomic E-state index is 0.298. The highest BCUT2D eigenvalue weighted by molar-refractivity contribution is 5.19. The molecule has 0 spiro atoms. The Bertz CT molecular complexity index is 373. The molecule has 2 unspecified atom stereocenters. The van der Waals surface area contributed by atoms with Gasteiger partial charge in [0.25, 0.3) is 0 Å². The number of aryl methyl sites for hydroxylation is 1. The Morgan fingerprint density at radius 3 is 2.75 bits per heavy atom. The first kappa shape index (κ1) is 12.8. The Morgan fingerprint density at radius 1 is 1.62 bits per heavy atom. The van der Waals surface area contributed by atoms with Crippen LogP contribution in [0.1, 0.15) is 44.0 Å². The molecule has 3 nitrogen and oxygen atoms in total. The quantitative estimate of drug-likeness (QED) is 0.769. The van der Waals surface area contributed by atoms with Gasteiger partial charge in [0.1, 0.15) is 0 Å². The van der Waals surface area contributed by atoms with E-state index in [2.05, 4.69) is 37.1 Å². The fourth-order valence-corrected chi connectivity index (χ4v) is 1.85. The Balaban J connectivity index is 2.68. The second-order valence-corrected chi connectivity index (χ2v) is 4.21. The van der Waals surface area contributed by atoms with Gasteiger partial charge in [-0.15, -0.1) is 12.3 Å². The fourth-order valence-electron chi connectivity index (χ4n) is 1.85. The molecular formula is C13H21N3. The lowest BCUT2D eigenvalue weighted by atomic mass is 10.1. The maximum atomic E-state index is 5.35. The van der Waals surface area contributed by atoms with Crippen LogP contribution < -0.4 is 5.32 Å². The molecule has 1 aromatic heterocycles. The number of aromatic nitrogens is 2. The Hall–Kier alpha value is -1.27. The van der Waals surface area contributed by atoms with Crippen molar-refractivity contribution >= 4 is 0 Å². The van der Waals surface area contributed by atoms with E-state index in [1.165, 1.54) is 11.3 Å². The molecule has 2 atom stereocenters. The summed E-state index contributed by atoms with van der Waals surface area (Å²) in [6.07, 6.45) is 9.10. The molecule has 0 aromatic carbocycles. The molecule has 0 bridgehead atoms. The van der Waals surface area contributed by atoms with Gasteiger partial charge in [-0.3, -0.25) is 4.68 Å². The topological polar surface area (TPSA) is 29.9 Å². The van der Waals surface area contributed by atoms with Crippen LogP contribution in [0.15, 0.2) is 6.20 Å². The minimum atomic E-state index is 0.298. The second-order valence-electron chi connectivity index (χ2n) is 4.21. The average Bonchev–Trinajstić information content (AvgIpc) is 2.59. The van der Waals surface area contributed by atoms with Crippen LogP contribution in [0.2, 0.25) is 0 Å². The van der Waals surface area contributed by atoms with Crippen LogP contribution in [0.3, 0.4) is 0 Å². The van der Waals surface area contributed by atoms with Crippen LogP contribution in [0.25, 0.3) is 0 Å². The summed E-state index contributed by atoms with van der Waals surface area (Å²) in [5.41, 5.74) is 2.45. The number of hydrogen-bond donors (Lipinski definition) is 1. The van der Waals surface area contributed by atoms with E-state index >= 15 is 0 Å². The van der Waals surface area contributed by atoms with Crippen LogP contribution in [0.5, 0.6) is 0 Å². The van der Waals surface area contributed by atoms with E-state index < -0.39 is 0 Å². The summed E-state index contributed by atoms with van der Waals surface area (Å²) in [4.78, 5) is 0. The van der Waals surface area contributed by atoms with Crippen molar-refractivity contribution in [1.29, 1.82) is 0 Å². The van der Waals surface area contributed by atoms with E-state index in [1.807, 2.05) is 17.9 Å². The van der Waals surface area contributed by atoms with Crippen molar-refractivity contribution in [3.05, 3.63) is 17.5 Å². The minimum Gasteiger partial charge on any atom is -0.306 e. The standard InChI is InChI=1S/C13H21N3/c1-6-8-12(7-2)15-10(3)13-9-14-16(5)11(13)4/h1,9-10,12,15H,7-8H2,2-5H3. The molecule has 88 valence electrons. The number of terminal acetylenes is 1. The number of nitrogens with zero attached hydrogens (tertiary/aromatic N) is 2. The lowest BCUT2D eigenvalue weighted by Crippen LogP contribution is -2.30. The zero-order valence-electron chi connectivity index (χ0n) is 10.6. The van der Waals surface area contributed by atoms with Gasteiger partial charge in [0.05, 0.1) is 6.20 Å². The average molecular weight is 219 g/mol. The predicted octanol–water partition coefficient (Wildman–Crippen LogP) is 2.18. The molecular weight excluding hydrogens is 198 g/mol. The van der Waals surface area contributed by atoms with E-state index in [0.29, 0.717) is 12.1 Å². The van der Waals surface area contributed by atoms with E-state index in [1.54, 1.807) is 0 Å². The molecule has 1 rings (SSSR count). The van der Waals surface area contributed by atoms with E-state index in [0.717, 1.165) is 12.8 Å². The van der Waals surface area contributed by atoms with Crippen molar-refractivity contribution in [2.45, 2.75) is 45.7 Å². The summed E-state index contributed by atoms with van der Waals surface area (Å²) in [5, 5.41) is 7.79. The van der Waals surface area contributed by atoms with Crippen molar-refractivity contribution in [1.82, 2.24) is 15.1 Å². The Kier molecular flexibility index (Phi) is 4.57. The van der Waals surface area contributed by atoms with Crippen molar-refractivity contribution in [3.8, 4) is 12.3 Å². The third-order valence-electron chi connectivity index (χ3n) is 3.08. The smallest absolute Gasteiger partial charge is 0.0540 e. The van der Waals surface area contributed by atoms with E-state index in [-0.39, 0.29) is 0 Å². The highest BCUT2D eigenvalue weighted by Gasteiger charge is 2.14. The number of rotatable bonds is 5. The monoisotopic (exact) mass is 219 g/mol. The summed E-state index contributed by atoms with van der Waals surface area (Å²) < 4.78 is 1.90. The summed E-state index contributed by atoms with van der Waals surface area (Å²) in [5.74, 6) is 2.71. The van der Waals surface area contributed by atoms with E-state index in [4.69, 9.17) is 6.42 Å². The molecule has 0 fully saturated rings. The lowest BCUT2D eigenvalue weighted by Gasteiger charge is -2.20. The summed E-state index contributed by atoms with van der Waals surface area (Å²) in [6, 6.07) is 0.687. The lowest BCUT2D eigenvalue weighted by molar-refractivity contribution is 0.448. The maximum absolute atomic E-state index is 5.35. The van der Waals surface area contributed by atoms with Gasteiger partial charge in [-0.05, 0) is 20.3 Å². The van der Waals surface area contributed by atoms with Gasteiger partial charge >= 0.3 is 0 Å². The first-order chi connectivity index (χ1) is 7.60.